The molecule has 1 unspecified atom stereocenters. The molecule has 0 bridgehead atoms. The van der Waals surface area contributed by atoms with Crippen LogP contribution in [0.4, 0.5) is 0 Å². The van der Waals surface area contributed by atoms with E-state index in [1.165, 1.54) is 6.20 Å². The summed E-state index contributed by atoms with van der Waals surface area (Å²) in [5.74, 6) is -2.67. The predicted octanol–water partition coefficient (Wildman–Crippen LogP) is -0.527. The normalized spacial score (nSPS) is 27.0. The van der Waals surface area contributed by atoms with Crippen molar-refractivity contribution in [2.45, 2.75) is 51.9 Å². The second kappa shape index (κ2) is 8.53. The molecule has 1 aromatic rings. The first-order valence-corrected chi connectivity index (χ1v) is 7.02. The molecular formula is C14H19N3O8. The minimum absolute atomic E-state index is 0.0889. The van der Waals surface area contributed by atoms with E-state index in [9.17, 15) is 14.4 Å². The molecule has 11 heteroatoms. The van der Waals surface area contributed by atoms with Crippen LogP contribution in [0.1, 0.15) is 30.5 Å². The smallest absolute Gasteiger partial charge is 0.303 e. The van der Waals surface area contributed by atoms with Crippen LogP contribution in [0.15, 0.2) is 6.20 Å². The quantitative estimate of drug-likeness (QED) is 0.498. The van der Waals surface area contributed by atoms with Crippen LogP contribution < -0.4 is 0 Å². The van der Waals surface area contributed by atoms with E-state index in [-0.39, 0.29) is 6.61 Å². The van der Waals surface area contributed by atoms with Crippen molar-refractivity contribution in [3.63, 3.8) is 0 Å². The molecule has 2 rings (SSSR count). The number of nitrogens with zero attached hydrogens (tertiary/aromatic N) is 2. The average Bonchev–Trinajstić information content (AvgIpc) is 3.33. The van der Waals surface area contributed by atoms with Crippen LogP contribution in [-0.2, 0) is 44.7 Å². The Morgan fingerprint density at radius 1 is 1.20 bits per heavy atom. The van der Waals surface area contributed by atoms with Crippen molar-refractivity contribution in [1.82, 2.24) is 15.4 Å². The number of ether oxygens (including phenoxy) is 5. The first-order valence-electron chi connectivity index (χ1n) is 9.14. The maximum Gasteiger partial charge on any atom is 0.303 e. The maximum atomic E-state index is 11.6. The average molecular weight is 360 g/mol. The third kappa shape index (κ3) is 5.50. The lowest BCUT2D eigenvalue weighted by Gasteiger charge is -2.23. The summed E-state index contributed by atoms with van der Waals surface area (Å²) in [5, 5.41) is 9.80. The molecule has 0 aromatic carbocycles. The lowest BCUT2D eigenvalue weighted by atomic mass is 10.1. The number of H-pyrrole nitrogens is 1. The first-order chi connectivity index (χ1) is 13.5. The molecule has 4 atom stereocenters. The number of rotatable bonds is 7. The lowest BCUT2D eigenvalue weighted by Crippen LogP contribution is -2.41. The fraction of sp³-hybridized carbons (Fsp3) is 0.643. The second-order valence-electron chi connectivity index (χ2n) is 4.91. The van der Waals surface area contributed by atoms with Crippen molar-refractivity contribution in [2.75, 3.05) is 6.61 Å². The van der Waals surface area contributed by atoms with Gasteiger partial charge in [-0.1, -0.05) is 0 Å². The zero-order valence-corrected chi connectivity index (χ0v) is 13.1. The Hall–Kier alpha value is -2.53. The van der Waals surface area contributed by atoms with E-state index < -0.39 is 69.8 Å². The Morgan fingerprint density at radius 3 is 2.56 bits per heavy atom. The molecule has 11 nitrogen and oxygen atoms in total. The fourth-order valence-electron chi connectivity index (χ4n) is 2.17. The Morgan fingerprint density at radius 2 is 1.92 bits per heavy atom. The van der Waals surface area contributed by atoms with Gasteiger partial charge in [-0.25, -0.2) is 0 Å². The fourth-order valence-corrected chi connectivity index (χ4v) is 2.17. The molecule has 138 valence electrons. The third-order valence-electron chi connectivity index (χ3n) is 3.07. The van der Waals surface area contributed by atoms with Crippen molar-refractivity contribution in [3.05, 3.63) is 11.9 Å². The van der Waals surface area contributed by atoms with Crippen molar-refractivity contribution in [3.8, 4) is 0 Å². The molecule has 0 radical (unpaired) electrons. The molecule has 1 aliphatic heterocycles. The highest BCUT2D eigenvalue weighted by atomic mass is 16.7. The van der Waals surface area contributed by atoms with Gasteiger partial charge in [-0.15, -0.1) is 0 Å². The Kier molecular flexibility index (Phi) is 5.05. The van der Waals surface area contributed by atoms with Gasteiger partial charge in [-0.2, -0.15) is 15.4 Å². The summed E-state index contributed by atoms with van der Waals surface area (Å²) in [5.41, 5.74) is 0.415. The monoisotopic (exact) mass is 360 g/mol. The van der Waals surface area contributed by atoms with Crippen molar-refractivity contribution in [2.24, 2.45) is 0 Å². The van der Waals surface area contributed by atoms with E-state index in [4.69, 9.17) is 27.8 Å². The van der Waals surface area contributed by atoms with Crippen molar-refractivity contribution >= 4 is 17.9 Å². The van der Waals surface area contributed by atoms with Crippen LogP contribution in [0.3, 0.4) is 0 Å². The molecule has 1 aromatic heterocycles. The van der Waals surface area contributed by atoms with E-state index in [0.717, 1.165) is 0 Å². The molecular weight excluding hydrogens is 338 g/mol. The van der Waals surface area contributed by atoms with Crippen LogP contribution >= 0.6 is 0 Å². The van der Waals surface area contributed by atoms with Gasteiger partial charge in [0.1, 0.15) is 18.4 Å². The maximum absolute atomic E-state index is 11.6. The van der Waals surface area contributed by atoms with Crippen molar-refractivity contribution in [1.29, 1.82) is 0 Å². The first kappa shape index (κ1) is 14.8. The Balaban J connectivity index is 2.15. The zero-order chi connectivity index (χ0) is 20.5. The highest BCUT2D eigenvalue weighted by molar-refractivity contribution is 5.67. The van der Waals surface area contributed by atoms with Crippen LogP contribution in [0.25, 0.3) is 0 Å². The van der Waals surface area contributed by atoms with Crippen LogP contribution in [0.5, 0.6) is 0 Å². The van der Waals surface area contributed by atoms with Gasteiger partial charge in [0, 0.05) is 24.8 Å². The number of carbonyl (C=O) groups excluding carboxylic acids is 3. The summed E-state index contributed by atoms with van der Waals surface area (Å²) in [6.07, 6.45) is -3.41. The topological polar surface area (TPSA) is 139 Å². The van der Waals surface area contributed by atoms with E-state index in [1.807, 2.05) is 0 Å². The van der Waals surface area contributed by atoms with Gasteiger partial charge in [0.05, 0.1) is 12.8 Å². The predicted molar refractivity (Wildman–Crippen MR) is 77.6 cm³/mol. The number of aromatic nitrogens is 3. The van der Waals surface area contributed by atoms with Crippen LogP contribution in [-0.4, -0.2) is 64.5 Å². The number of aromatic amines is 1. The number of hydrogen-bond donors (Lipinski definition) is 1. The molecule has 0 amide bonds. The highest BCUT2D eigenvalue weighted by Crippen LogP contribution is 2.29. The number of esters is 3. The molecule has 25 heavy (non-hydrogen) atoms. The molecule has 1 N–H and O–H groups in total. The lowest BCUT2D eigenvalue weighted by molar-refractivity contribution is -0.194. The van der Waals surface area contributed by atoms with Gasteiger partial charge >= 0.3 is 17.9 Å². The summed E-state index contributed by atoms with van der Waals surface area (Å²) < 4.78 is 47.3. The van der Waals surface area contributed by atoms with Gasteiger partial charge in [0.15, 0.2) is 18.5 Å². The molecule has 0 aliphatic carbocycles. The molecule has 1 saturated heterocycles. The van der Waals surface area contributed by atoms with Gasteiger partial charge in [-0.3, -0.25) is 14.4 Å². The molecule has 1 fully saturated rings. The number of nitrogens with one attached hydrogen (secondary N) is 1. The van der Waals surface area contributed by atoms with Gasteiger partial charge in [0.25, 0.3) is 0 Å². The summed E-state index contributed by atoms with van der Waals surface area (Å²) in [6, 6.07) is 0. The Bertz CT molecular complexity index is 662. The van der Waals surface area contributed by atoms with Crippen LogP contribution in [0.2, 0.25) is 0 Å². The minimum atomic E-state index is -1.26. The highest BCUT2D eigenvalue weighted by Gasteiger charge is 2.50. The summed E-state index contributed by atoms with van der Waals surface area (Å²) in [6.45, 7) is -2.49. The van der Waals surface area contributed by atoms with Gasteiger partial charge in [-0.05, 0) is 0 Å². The van der Waals surface area contributed by atoms with Gasteiger partial charge < -0.3 is 23.7 Å². The Labute approximate surface area is 147 Å². The molecule has 0 spiro atoms. The standard InChI is InChI=1S/C14H19N3O8/c1-7(18)21-6-11-12(23-8(2)19)13(24-9(3)20)14(25-11)22-5-10-4-15-17-16-10/h4,11-14H,5-6H2,1-3H3,(H,15,16,17)/t11-,12-,13-,14?/m1/s1/i1D,2D,3D. The SMILES string of the molecule is [2H]CC(=O)OC[C@H]1OC(OCc2cn[nH]n2)[C@H](OC(=O)C[2H])[C@@H]1OC(=O)C[2H]. The second-order valence-corrected chi connectivity index (χ2v) is 4.91. The molecule has 2 heterocycles. The van der Waals surface area contributed by atoms with E-state index in [0.29, 0.717) is 5.69 Å². The van der Waals surface area contributed by atoms with E-state index in [1.54, 1.807) is 0 Å². The number of carbonyl (C=O) groups is 3. The van der Waals surface area contributed by atoms with E-state index >= 15 is 0 Å². The van der Waals surface area contributed by atoms with Gasteiger partial charge in [0.2, 0.25) is 0 Å². The molecule has 1 aliphatic rings. The van der Waals surface area contributed by atoms with Crippen LogP contribution in [0, 0.1) is 0 Å². The third-order valence-corrected chi connectivity index (χ3v) is 3.07. The molecule has 0 saturated carbocycles. The summed E-state index contributed by atoms with van der Waals surface area (Å²) >= 11 is 0. The van der Waals surface area contributed by atoms with Crippen molar-refractivity contribution < 1.29 is 42.2 Å². The number of hydrogen-bond acceptors (Lipinski definition) is 10. The van der Waals surface area contributed by atoms with E-state index in [2.05, 4.69) is 15.4 Å². The summed E-state index contributed by atoms with van der Waals surface area (Å²) in [7, 11) is 0. The minimum Gasteiger partial charge on any atom is -0.463 e. The summed E-state index contributed by atoms with van der Waals surface area (Å²) in [4.78, 5) is 34.5. The largest absolute Gasteiger partial charge is 0.463 e. The zero-order valence-electron chi connectivity index (χ0n) is 16.1.